The highest BCUT2D eigenvalue weighted by Gasteiger charge is 2.26. The fourth-order valence-corrected chi connectivity index (χ4v) is 2.52. The summed E-state index contributed by atoms with van der Waals surface area (Å²) in [5, 5.41) is 8.81. The molecule has 1 aliphatic rings. The number of amides is 1. The zero-order valence-corrected chi connectivity index (χ0v) is 12.8. The topological polar surface area (TPSA) is 66.8 Å². The molecule has 5 nitrogen and oxygen atoms in total. The van der Waals surface area contributed by atoms with Gasteiger partial charge < -0.3 is 14.7 Å². The Bertz CT molecular complexity index is 600. The number of carboxylic acid groups (broad SMARTS) is 1. The van der Waals surface area contributed by atoms with Crippen molar-refractivity contribution in [1.29, 1.82) is 0 Å². The number of carboxylic acids is 1. The Hall–Kier alpha value is -2.02. The number of hydrogen-bond donors (Lipinski definition) is 1. The second kappa shape index (κ2) is 7.50. The lowest BCUT2D eigenvalue weighted by Crippen LogP contribution is -2.39. The molecule has 1 saturated heterocycles. The molecule has 1 atom stereocenters. The number of aliphatic carboxylic acids is 1. The van der Waals surface area contributed by atoms with E-state index in [1.807, 2.05) is 0 Å². The van der Waals surface area contributed by atoms with E-state index in [0.29, 0.717) is 6.61 Å². The molecule has 1 aromatic carbocycles. The van der Waals surface area contributed by atoms with Crippen LogP contribution in [0.5, 0.6) is 0 Å². The van der Waals surface area contributed by atoms with Crippen molar-refractivity contribution in [2.24, 2.45) is 0 Å². The van der Waals surface area contributed by atoms with E-state index in [2.05, 4.69) is 0 Å². The number of benzene rings is 1. The van der Waals surface area contributed by atoms with E-state index in [-0.39, 0.29) is 31.2 Å². The summed E-state index contributed by atoms with van der Waals surface area (Å²) in [5.41, 5.74) is -0.285. The maximum absolute atomic E-state index is 14.0. The van der Waals surface area contributed by atoms with E-state index in [1.165, 1.54) is 11.8 Å². The zero-order valence-electron chi connectivity index (χ0n) is 12.8. The number of halogens is 2. The molecule has 1 aliphatic heterocycles. The molecule has 0 bridgehead atoms. The SMILES string of the molecule is Cc1cc(F)c(C(=O)N(CCC(=O)O)C[C@@H]2CCCO2)cc1F. The standard InChI is InChI=1S/C16H19F2NO4/c1-10-7-14(18)12(8-13(10)17)16(22)19(5-4-15(20)21)9-11-3-2-6-23-11/h7-8,11H,2-6,9H2,1H3,(H,20,21)/t11-/m0/s1. The lowest BCUT2D eigenvalue weighted by atomic mass is 10.1. The minimum atomic E-state index is -1.06. The number of carbonyl (C=O) groups excluding carboxylic acids is 1. The third-order valence-corrected chi connectivity index (χ3v) is 3.81. The van der Waals surface area contributed by atoms with Gasteiger partial charge in [-0.3, -0.25) is 9.59 Å². The highest BCUT2D eigenvalue weighted by molar-refractivity contribution is 5.94. The summed E-state index contributed by atoms with van der Waals surface area (Å²) in [6, 6.07) is 1.82. The average Bonchev–Trinajstić information content (AvgIpc) is 2.99. The normalized spacial score (nSPS) is 17.3. The molecule has 1 heterocycles. The van der Waals surface area contributed by atoms with Crippen molar-refractivity contribution in [2.45, 2.75) is 32.3 Å². The molecular weight excluding hydrogens is 308 g/mol. The Labute approximate surface area is 132 Å². The van der Waals surface area contributed by atoms with Crippen LogP contribution in [0.4, 0.5) is 8.78 Å². The van der Waals surface area contributed by atoms with Crippen LogP contribution in [0.25, 0.3) is 0 Å². The molecule has 0 radical (unpaired) electrons. The minimum Gasteiger partial charge on any atom is -0.481 e. The van der Waals surface area contributed by atoms with Gasteiger partial charge in [-0.2, -0.15) is 0 Å². The number of nitrogens with zero attached hydrogens (tertiary/aromatic N) is 1. The first-order chi connectivity index (χ1) is 10.9. The molecule has 0 spiro atoms. The van der Waals surface area contributed by atoms with Crippen molar-refractivity contribution in [3.05, 3.63) is 34.9 Å². The van der Waals surface area contributed by atoms with Crippen LogP contribution in [-0.2, 0) is 9.53 Å². The van der Waals surface area contributed by atoms with E-state index in [1.54, 1.807) is 0 Å². The summed E-state index contributed by atoms with van der Waals surface area (Å²) in [4.78, 5) is 24.5. The molecule has 1 amide bonds. The van der Waals surface area contributed by atoms with Crippen LogP contribution in [0.1, 0.15) is 35.2 Å². The van der Waals surface area contributed by atoms with Crippen LogP contribution in [0.2, 0.25) is 0 Å². The van der Waals surface area contributed by atoms with Crippen molar-refractivity contribution >= 4 is 11.9 Å². The molecule has 1 N–H and O–H groups in total. The Morgan fingerprint density at radius 2 is 2.09 bits per heavy atom. The first-order valence-corrected chi connectivity index (χ1v) is 7.47. The van der Waals surface area contributed by atoms with Crippen LogP contribution in [-0.4, -0.2) is 47.7 Å². The molecule has 23 heavy (non-hydrogen) atoms. The lowest BCUT2D eigenvalue weighted by Gasteiger charge is -2.25. The first kappa shape index (κ1) is 17.3. The second-order valence-corrected chi connectivity index (χ2v) is 5.61. The summed E-state index contributed by atoms with van der Waals surface area (Å²) in [6.45, 7) is 2.07. The van der Waals surface area contributed by atoms with E-state index in [0.717, 1.165) is 25.0 Å². The predicted molar refractivity (Wildman–Crippen MR) is 78.2 cm³/mol. The summed E-state index contributed by atoms with van der Waals surface area (Å²) >= 11 is 0. The van der Waals surface area contributed by atoms with E-state index in [4.69, 9.17) is 9.84 Å². The van der Waals surface area contributed by atoms with Gasteiger partial charge in [-0.25, -0.2) is 8.78 Å². The van der Waals surface area contributed by atoms with E-state index < -0.39 is 29.1 Å². The zero-order chi connectivity index (χ0) is 17.0. The van der Waals surface area contributed by atoms with Gasteiger partial charge >= 0.3 is 5.97 Å². The van der Waals surface area contributed by atoms with Gasteiger partial charge in [-0.05, 0) is 37.5 Å². The third-order valence-electron chi connectivity index (χ3n) is 3.81. The smallest absolute Gasteiger partial charge is 0.305 e. The van der Waals surface area contributed by atoms with Gasteiger partial charge in [0.25, 0.3) is 5.91 Å². The van der Waals surface area contributed by atoms with Gasteiger partial charge in [0.15, 0.2) is 0 Å². The maximum Gasteiger partial charge on any atom is 0.305 e. The van der Waals surface area contributed by atoms with Gasteiger partial charge in [0.05, 0.1) is 18.1 Å². The van der Waals surface area contributed by atoms with Gasteiger partial charge in [0.1, 0.15) is 11.6 Å². The summed E-state index contributed by atoms with van der Waals surface area (Å²) < 4.78 is 33.1. The average molecular weight is 327 g/mol. The molecule has 0 unspecified atom stereocenters. The molecule has 1 aromatic rings. The van der Waals surface area contributed by atoms with Crippen LogP contribution in [0.3, 0.4) is 0 Å². The van der Waals surface area contributed by atoms with Crippen molar-refractivity contribution in [1.82, 2.24) is 4.90 Å². The van der Waals surface area contributed by atoms with Gasteiger partial charge in [0.2, 0.25) is 0 Å². The monoisotopic (exact) mass is 327 g/mol. The number of aryl methyl sites for hydroxylation is 1. The summed E-state index contributed by atoms with van der Waals surface area (Å²) in [5.74, 6) is -3.28. The third kappa shape index (κ3) is 4.48. The molecule has 126 valence electrons. The Morgan fingerprint density at radius 3 is 2.70 bits per heavy atom. The van der Waals surface area contributed by atoms with Gasteiger partial charge in [0, 0.05) is 19.7 Å². The fourth-order valence-electron chi connectivity index (χ4n) is 2.52. The molecule has 0 aliphatic carbocycles. The summed E-state index contributed by atoms with van der Waals surface area (Å²) in [6.07, 6.45) is 1.14. The summed E-state index contributed by atoms with van der Waals surface area (Å²) in [7, 11) is 0. The van der Waals surface area contributed by atoms with E-state index >= 15 is 0 Å². The lowest BCUT2D eigenvalue weighted by molar-refractivity contribution is -0.137. The fraction of sp³-hybridized carbons (Fsp3) is 0.500. The number of rotatable bonds is 6. The second-order valence-electron chi connectivity index (χ2n) is 5.61. The van der Waals surface area contributed by atoms with Gasteiger partial charge in [-0.15, -0.1) is 0 Å². The minimum absolute atomic E-state index is 0.0804. The first-order valence-electron chi connectivity index (χ1n) is 7.47. The Morgan fingerprint density at radius 1 is 1.35 bits per heavy atom. The van der Waals surface area contributed by atoms with Crippen molar-refractivity contribution < 1.29 is 28.2 Å². The Balaban J connectivity index is 2.20. The van der Waals surface area contributed by atoms with Crippen LogP contribution >= 0.6 is 0 Å². The van der Waals surface area contributed by atoms with Gasteiger partial charge in [-0.1, -0.05) is 0 Å². The largest absolute Gasteiger partial charge is 0.481 e. The highest BCUT2D eigenvalue weighted by Crippen LogP contribution is 2.19. The molecular formula is C16H19F2NO4. The molecule has 7 heteroatoms. The quantitative estimate of drug-likeness (QED) is 0.871. The van der Waals surface area contributed by atoms with Crippen LogP contribution in [0.15, 0.2) is 12.1 Å². The van der Waals surface area contributed by atoms with Crippen molar-refractivity contribution in [2.75, 3.05) is 19.7 Å². The number of hydrogen-bond acceptors (Lipinski definition) is 3. The van der Waals surface area contributed by atoms with E-state index in [9.17, 15) is 18.4 Å². The molecule has 0 aromatic heterocycles. The molecule has 1 fully saturated rings. The van der Waals surface area contributed by atoms with Crippen LogP contribution in [0, 0.1) is 18.6 Å². The predicted octanol–water partition coefficient (Wildman–Crippen LogP) is 2.37. The molecule has 2 rings (SSSR count). The highest BCUT2D eigenvalue weighted by atomic mass is 19.1. The number of carbonyl (C=O) groups is 2. The molecule has 0 saturated carbocycles. The van der Waals surface area contributed by atoms with Crippen molar-refractivity contribution in [3.8, 4) is 0 Å². The van der Waals surface area contributed by atoms with Crippen LogP contribution < -0.4 is 0 Å². The van der Waals surface area contributed by atoms with Crippen molar-refractivity contribution in [3.63, 3.8) is 0 Å². The number of ether oxygens (including phenoxy) is 1. The maximum atomic E-state index is 14.0. The Kier molecular flexibility index (Phi) is 5.65.